The highest BCUT2D eigenvalue weighted by Gasteiger charge is 2.26. The molecule has 21 heteroatoms. The van der Waals surface area contributed by atoms with E-state index in [9.17, 15) is 28.8 Å². The predicted octanol–water partition coefficient (Wildman–Crippen LogP) is 11.2. The maximum Gasteiger partial charge on any atom is 0.258 e. The van der Waals surface area contributed by atoms with Crippen molar-refractivity contribution in [2.75, 3.05) is 53.1 Å². The summed E-state index contributed by atoms with van der Waals surface area (Å²) >= 11 is 30.6. The Morgan fingerprint density at radius 1 is 0.507 bits per heavy atom. The molecule has 0 saturated heterocycles. The lowest BCUT2D eigenvalue weighted by molar-refractivity contribution is -0.127. The third kappa shape index (κ3) is 14.8. The minimum Gasteiger partial charge on any atom is -0.496 e. The van der Waals surface area contributed by atoms with Crippen molar-refractivity contribution in [2.24, 2.45) is 20.5 Å². The first kappa shape index (κ1) is 53.5. The Balaban J connectivity index is 1.27. The number of alkyl halides is 3. The van der Waals surface area contributed by atoms with Crippen LogP contribution in [0.2, 0.25) is 10.0 Å². The highest BCUT2D eigenvalue weighted by atomic mass is 35.5. The molecule has 4 N–H and O–H groups in total. The minimum atomic E-state index is -1.63. The second-order valence-corrected chi connectivity index (χ2v) is 16.9. The van der Waals surface area contributed by atoms with Crippen molar-refractivity contribution in [3.05, 3.63) is 129 Å². The molecule has 0 heterocycles. The van der Waals surface area contributed by atoms with Crippen LogP contribution >= 0.6 is 58.0 Å². The molecular weight excluding hydrogens is 994 g/mol. The monoisotopic (exact) mass is 1040 g/mol. The molecule has 0 aliphatic carbocycles. The van der Waals surface area contributed by atoms with Crippen LogP contribution < -0.4 is 30.7 Å². The summed E-state index contributed by atoms with van der Waals surface area (Å²) in [7, 11) is 3.03. The number of halogens is 5. The van der Waals surface area contributed by atoms with Gasteiger partial charge in [0.1, 0.15) is 22.9 Å². The Hall–Kier alpha value is -6.43. The average Bonchev–Trinajstić information content (AvgIpc) is 3.31. The molecule has 5 aromatic rings. The SMILES string of the molecule is COc1cc(NC(=O)c2ccc(Cl)c(N=NC(C(C)=O)C(=O)Nc3ccc(NC(=O)C(N=Nc4cc(C(=O)Nc5ccc(CCCl)c(OC)c5)ccc4Cl)C(C)=O)c(CCCl)c3)c2)ccc1CCCl. The third-order valence-corrected chi connectivity index (χ3v) is 11.3. The maximum atomic E-state index is 13.5. The fourth-order valence-corrected chi connectivity index (χ4v) is 7.44. The number of anilines is 4. The molecule has 0 bridgehead atoms. The van der Waals surface area contributed by atoms with Gasteiger partial charge in [-0.1, -0.05) is 35.3 Å². The first-order valence-electron chi connectivity index (χ1n) is 20.9. The molecular formula is C48H45Cl5N8O8. The standard InChI is InChI=1S/C48H45Cl5N8O8/c1-26(62)43(60-58-39-22-31(7-12-36(39)52)45(64)54-34-9-5-28(15-18-49)41(24-34)68-3)47(66)56-33-11-14-38(30(21-33)17-20-51)57-48(67)44(27(2)63)61-59-40-23-32(8-13-37(40)53)46(65)55-35-10-6-29(16-19-50)42(25-35)69-4/h5-14,21-25,43-44H,15-20H2,1-4H3,(H,54,64)(H,55,65)(H,56,66)(H,57,67). The summed E-state index contributed by atoms with van der Waals surface area (Å²) in [6, 6.07) is 20.1. The lowest BCUT2D eigenvalue weighted by atomic mass is 10.1. The molecule has 16 nitrogen and oxygen atoms in total. The van der Waals surface area contributed by atoms with Gasteiger partial charge in [0.15, 0.2) is 11.6 Å². The number of ketones is 2. The molecule has 360 valence electrons. The second kappa shape index (κ2) is 25.8. The van der Waals surface area contributed by atoms with E-state index in [1.54, 1.807) is 36.4 Å². The molecule has 0 saturated carbocycles. The van der Waals surface area contributed by atoms with Gasteiger partial charge < -0.3 is 30.7 Å². The van der Waals surface area contributed by atoms with Crippen LogP contribution in [0.25, 0.3) is 0 Å². The van der Waals surface area contributed by atoms with E-state index in [0.29, 0.717) is 53.0 Å². The van der Waals surface area contributed by atoms with Gasteiger partial charge >= 0.3 is 0 Å². The summed E-state index contributed by atoms with van der Waals surface area (Å²) in [6.07, 6.45) is 1.36. The first-order valence-corrected chi connectivity index (χ1v) is 23.3. The number of methoxy groups -OCH3 is 2. The molecule has 2 unspecified atom stereocenters. The summed E-state index contributed by atoms with van der Waals surface area (Å²) in [6.45, 7) is 2.32. The maximum absolute atomic E-state index is 13.5. The molecule has 69 heavy (non-hydrogen) atoms. The number of Topliss-reactive ketones (excluding diaryl/α,β-unsaturated/α-hetero) is 2. The van der Waals surface area contributed by atoms with E-state index < -0.39 is 47.3 Å². The fraction of sp³-hybridized carbons (Fsp3) is 0.250. The Kier molecular flexibility index (Phi) is 20.0. The number of amides is 4. The van der Waals surface area contributed by atoms with E-state index in [0.717, 1.165) is 25.0 Å². The Labute approximate surface area is 422 Å². The Morgan fingerprint density at radius 2 is 0.913 bits per heavy atom. The molecule has 2 atom stereocenters. The van der Waals surface area contributed by atoms with Gasteiger partial charge in [0.05, 0.1) is 24.3 Å². The molecule has 0 radical (unpaired) electrons. The smallest absolute Gasteiger partial charge is 0.258 e. The molecule has 5 rings (SSSR count). The molecule has 5 aromatic carbocycles. The second-order valence-electron chi connectivity index (χ2n) is 14.9. The number of carbonyl (C=O) groups excluding carboxylic acids is 6. The number of azo groups is 2. The van der Waals surface area contributed by atoms with Crippen molar-refractivity contribution >= 4 is 127 Å². The van der Waals surface area contributed by atoms with Crippen LogP contribution in [0.3, 0.4) is 0 Å². The lowest BCUT2D eigenvalue weighted by Crippen LogP contribution is -2.32. The van der Waals surface area contributed by atoms with Crippen LogP contribution in [0.4, 0.5) is 34.1 Å². The van der Waals surface area contributed by atoms with Crippen LogP contribution in [0, 0.1) is 0 Å². The van der Waals surface area contributed by atoms with Crippen molar-refractivity contribution in [2.45, 2.75) is 45.2 Å². The molecule has 0 aliphatic rings. The van der Waals surface area contributed by atoms with Gasteiger partial charge in [-0.15, -0.1) is 34.8 Å². The molecule has 0 aromatic heterocycles. The van der Waals surface area contributed by atoms with E-state index in [-0.39, 0.29) is 56.2 Å². The van der Waals surface area contributed by atoms with E-state index in [2.05, 4.69) is 41.7 Å². The van der Waals surface area contributed by atoms with Gasteiger partial charge in [-0.2, -0.15) is 20.5 Å². The zero-order valence-corrected chi connectivity index (χ0v) is 41.3. The van der Waals surface area contributed by atoms with Crippen LogP contribution in [-0.4, -0.2) is 79.1 Å². The highest BCUT2D eigenvalue weighted by Crippen LogP contribution is 2.31. The summed E-state index contributed by atoms with van der Waals surface area (Å²) in [4.78, 5) is 78.8. The fourth-order valence-electron chi connectivity index (χ4n) is 6.52. The van der Waals surface area contributed by atoms with Crippen molar-refractivity contribution in [1.82, 2.24) is 0 Å². The normalized spacial score (nSPS) is 12.0. The number of nitrogens with zero attached hydrogens (tertiary/aromatic N) is 4. The van der Waals surface area contributed by atoms with E-state index in [4.69, 9.17) is 67.5 Å². The van der Waals surface area contributed by atoms with Crippen LogP contribution in [0.15, 0.2) is 111 Å². The van der Waals surface area contributed by atoms with Crippen molar-refractivity contribution in [1.29, 1.82) is 0 Å². The molecule has 4 amide bonds. The van der Waals surface area contributed by atoms with Crippen LogP contribution in [0.1, 0.15) is 51.3 Å². The molecule has 0 aliphatic heterocycles. The van der Waals surface area contributed by atoms with Gasteiger partial charge in [0.2, 0.25) is 12.1 Å². The number of carbonyl (C=O) groups is 6. The predicted molar refractivity (Wildman–Crippen MR) is 270 cm³/mol. The Morgan fingerprint density at radius 3 is 1.33 bits per heavy atom. The quantitative estimate of drug-likeness (QED) is 0.0296. The number of hydrogen-bond donors (Lipinski definition) is 4. The van der Waals surface area contributed by atoms with Gasteiger partial charge in [-0.05, 0) is 117 Å². The first-order chi connectivity index (χ1) is 33.1. The van der Waals surface area contributed by atoms with Gasteiger partial charge in [0.25, 0.3) is 23.6 Å². The highest BCUT2D eigenvalue weighted by molar-refractivity contribution is 6.33. The molecule has 0 fully saturated rings. The average molecular weight is 1040 g/mol. The van der Waals surface area contributed by atoms with Gasteiger partial charge in [-0.3, -0.25) is 28.8 Å². The number of benzene rings is 5. The largest absolute Gasteiger partial charge is 0.496 e. The Bertz CT molecular complexity index is 2810. The number of nitrogens with one attached hydrogen (secondary N) is 4. The zero-order chi connectivity index (χ0) is 50.2. The van der Waals surface area contributed by atoms with Gasteiger partial charge in [0, 0.05) is 63.6 Å². The van der Waals surface area contributed by atoms with Crippen molar-refractivity contribution in [3.8, 4) is 11.5 Å². The van der Waals surface area contributed by atoms with E-state index >= 15 is 0 Å². The van der Waals surface area contributed by atoms with E-state index in [1.165, 1.54) is 68.8 Å². The molecule has 0 spiro atoms. The summed E-state index contributed by atoms with van der Waals surface area (Å²) < 4.78 is 10.8. The zero-order valence-electron chi connectivity index (χ0n) is 37.5. The van der Waals surface area contributed by atoms with Crippen molar-refractivity contribution in [3.63, 3.8) is 0 Å². The topological polar surface area (TPSA) is 218 Å². The minimum absolute atomic E-state index is 0.0202. The van der Waals surface area contributed by atoms with Gasteiger partial charge in [-0.25, -0.2) is 0 Å². The third-order valence-electron chi connectivity index (χ3n) is 10.1. The number of aryl methyl sites for hydroxylation is 3. The van der Waals surface area contributed by atoms with Crippen LogP contribution in [0.5, 0.6) is 11.5 Å². The summed E-state index contributed by atoms with van der Waals surface area (Å²) in [5.41, 5.74) is 3.96. The van der Waals surface area contributed by atoms with Crippen LogP contribution in [-0.2, 0) is 38.4 Å². The number of hydrogen-bond acceptors (Lipinski definition) is 12. The number of rotatable bonds is 22. The lowest BCUT2D eigenvalue weighted by Gasteiger charge is -2.15. The van der Waals surface area contributed by atoms with E-state index in [1.807, 2.05) is 0 Å². The summed E-state index contributed by atoms with van der Waals surface area (Å²) in [5, 5.41) is 27.2. The number of ether oxygens (including phenoxy) is 2. The van der Waals surface area contributed by atoms with Crippen molar-refractivity contribution < 1.29 is 38.2 Å². The summed E-state index contributed by atoms with van der Waals surface area (Å²) in [5.74, 6) is -1.97.